The summed E-state index contributed by atoms with van der Waals surface area (Å²) in [6.07, 6.45) is -1.76. The van der Waals surface area contributed by atoms with Gasteiger partial charge in [0.1, 0.15) is 11.9 Å². The summed E-state index contributed by atoms with van der Waals surface area (Å²) in [5, 5.41) is 28.0. The number of benzene rings is 1. The summed E-state index contributed by atoms with van der Waals surface area (Å²) in [6, 6.07) is 5.22. The second kappa shape index (κ2) is 5.84. The minimum absolute atomic E-state index is 0.145. The monoisotopic (exact) mass is 226 g/mol. The molecular formula is C12H18O4. The Balaban J connectivity index is 2.84. The van der Waals surface area contributed by atoms with Gasteiger partial charge in [-0.05, 0) is 36.6 Å². The molecular weight excluding hydrogens is 208 g/mol. The van der Waals surface area contributed by atoms with Gasteiger partial charge in [-0.3, -0.25) is 0 Å². The van der Waals surface area contributed by atoms with Crippen LogP contribution in [0.25, 0.3) is 0 Å². The SMILES string of the molecule is COc1ccc(C(O)C(O)CCO)cc1C. The molecule has 2 atom stereocenters. The van der Waals surface area contributed by atoms with E-state index in [1.807, 2.05) is 6.92 Å². The van der Waals surface area contributed by atoms with Crippen LogP contribution < -0.4 is 4.74 Å². The highest BCUT2D eigenvalue weighted by molar-refractivity contribution is 5.37. The first-order valence-corrected chi connectivity index (χ1v) is 5.21. The lowest BCUT2D eigenvalue weighted by molar-refractivity contribution is 0.00417. The number of hydrogen-bond acceptors (Lipinski definition) is 4. The summed E-state index contributed by atoms with van der Waals surface area (Å²) in [5.74, 6) is 0.743. The molecule has 4 nitrogen and oxygen atoms in total. The molecule has 0 saturated heterocycles. The molecule has 0 aliphatic carbocycles. The molecule has 0 spiro atoms. The topological polar surface area (TPSA) is 69.9 Å². The van der Waals surface area contributed by atoms with E-state index in [-0.39, 0.29) is 13.0 Å². The van der Waals surface area contributed by atoms with Crippen molar-refractivity contribution in [1.82, 2.24) is 0 Å². The molecule has 4 heteroatoms. The maximum absolute atomic E-state index is 9.81. The van der Waals surface area contributed by atoms with Crippen molar-refractivity contribution in [2.75, 3.05) is 13.7 Å². The number of ether oxygens (including phenoxy) is 1. The van der Waals surface area contributed by atoms with Gasteiger partial charge in [-0.2, -0.15) is 0 Å². The van der Waals surface area contributed by atoms with Crippen LogP contribution in [0, 0.1) is 6.92 Å². The van der Waals surface area contributed by atoms with Crippen LogP contribution in [-0.2, 0) is 0 Å². The Morgan fingerprint density at radius 1 is 1.31 bits per heavy atom. The van der Waals surface area contributed by atoms with Gasteiger partial charge in [0.25, 0.3) is 0 Å². The maximum atomic E-state index is 9.81. The van der Waals surface area contributed by atoms with E-state index in [2.05, 4.69) is 0 Å². The van der Waals surface area contributed by atoms with E-state index in [1.165, 1.54) is 0 Å². The number of hydrogen-bond donors (Lipinski definition) is 3. The van der Waals surface area contributed by atoms with E-state index < -0.39 is 12.2 Å². The van der Waals surface area contributed by atoms with E-state index in [0.717, 1.165) is 11.3 Å². The van der Waals surface area contributed by atoms with Crippen molar-refractivity contribution in [2.45, 2.75) is 25.6 Å². The van der Waals surface area contributed by atoms with E-state index in [9.17, 15) is 10.2 Å². The predicted molar refractivity (Wildman–Crippen MR) is 60.4 cm³/mol. The Hall–Kier alpha value is -1.10. The zero-order valence-electron chi connectivity index (χ0n) is 9.55. The highest BCUT2D eigenvalue weighted by Crippen LogP contribution is 2.25. The quantitative estimate of drug-likeness (QED) is 0.694. The second-order valence-corrected chi connectivity index (χ2v) is 3.75. The summed E-state index contributed by atoms with van der Waals surface area (Å²) in [6.45, 7) is 1.72. The first-order valence-electron chi connectivity index (χ1n) is 5.21. The molecule has 1 aromatic carbocycles. The normalized spacial score (nSPS) is 14.6. The molecule has 0 radical (unpaired) electrons. The average Bonchev–Trinajstić information content (AvgIpc) is 2.28. The molecule has 16 heavy (non-hydrogen) atoms. The lowest BCUT2D eigenvalue weighted by Crippen LogP contribution is -2.19. The third-order valence-corrected chi connectivity index (χ3v) is 2.55. The smallest absolute Gasteiger partial charge is 0.121 e. The highest BCUT2D eigenvalue weighted by Gasteiger charge is 2.18. The van der Waals surface area contributed by atoms with Crippen LogP contribution in [0.15, 0.2) is 18.2 Å². The molecule has 0 amide bonds. The number of aryl methyl sites for hydroxylation is 1. The van der Waals surface area contributed by atoms with Gasteiger partial charge in [0.15, 0.2) is 0 Å². The molecule has 3 N–H and O–H groups in total. The van der Waals surface area contributed by atoms with Gasteiger partial charge in [-0.1, -0.05) is 6.07 Å². The Kier molecular flexibility index (Phi) is 4.73. The Morgan fingerprint density at radius 3 is 2.50 bits per heavy atom. The summed E-state index contributed by atoms with van der Waals surface area (Å²) in [5.41, 5.74) is 1.52. The molecule has 0 saturated carbocycles. The molecule has 1 rings (SSSR count). The lowest BCUT2D eigenvalue weighted by atomic mass is 10.0. The summed E-state index contributed by atoms with van der Waals surface area (Å²) < 4.78 is 5.10. The molecule has 0 aromatic heterocycles. The third kappa shape index (κ3) is 2.95. The third-order valence-electron chi connectivity index (χ3n) is 2.55. The minimum atomic E-state index is -0.975. The molecule has 2 unspecified atom stereocenters. The van der Waals surface area contributed by atoms with Crippen molar-refractivity contribution in [3.05, 3.63) is 29.3 Å². The number of rotatable bonds is 5. The van der Waals surface area contributed by atoms with Crippen molar-refractivity contribution in [3.63, 3.8) is 0 Å². The van der Waals surface area contributed by atoms with E-state index in [1.54, 1.807) is 25.3 Å². The van der Waals surface area contributed by atoms with Crippen molar-refractivity contribution in [2.24, 2.45) is 0 Å². The fraction of sp³-hybridized carbons (Fsp3) is 0.500. The highest BCUT2D eigenvalue weighted by atomic mass is 16.5. The van der Waals surface area contributed by atoms with Crippen LogP contribution in [0.5, 0.6) is 5.75 Å². The lowest BCUT2D eigenvalue weighted by Gasteiger charge is -2.18. The van der Waals surface area contributed by atoms with Gasteiger partial charge in [0.05, 0.1) is 13.2 Å². The van der Waals surface area contributed by atoms with Crippen molar-refractivity contribution >= 4 is 0 Å². The standard InChI is InChI=1S/C12H18O4/c1-8-7-9(3-4-11(8)16-2)12(15)10(14)5-6-13/h3-4,7,10,12-15H,5-6H2,1-2H3. The zero-order chi connectivity index (χ0) is 12.1. The molecule has 0 aliphatic rings. The molecule has 0 aliphatic heterocycles. The number of aliphatic hydroxyl groups excluding tert-OH is 3. The molecule has 0 heterocycles. The van der Waals surface area contributed by atoms with E-state index >= 15 is 0 Å². The van der Waals surface area contributed by atoms with Gasteiger partial charge in [-0.25, -0.2) is 0 Å². The summed E-state index contributed by atoms with van der Waals surface area (Å²) in [4.78, 5) is 0. The second-order valence-electron chi connectivity index (χ2n) is 3.75. The van der Waals surface area contributed by atoms with Crippen LogP contribution in [0.1, 0.15) is 23.7 Å². The maximum Gasteiger partial charge on any atom is 0.121 e. The van der Waals surface area contributed by atoms with Crippen molar-refractivity contribution in [3.8, 4) is 5.75 Å². The van der Waals surface area contributed by atoms with Crippen LogP contribution in [-0.4, -0.2) is 35.1 Å². The van der Waals surface area contributed by atoms with Gasteiger partial charge < -0.3 is 20.1 Å². The summed E-state index contributed by atoms with van der Waals surface area (Å²) in [7, 11) is 1.58. The fourth-order valence-corrected chi connectivity index (χ4v) is 1.60. The largest absolute Gasteiger partial charge is 0.496 e. The first kappa shape index (κ1) is 13.0. The Labute approximate surface area is 95.1 Å². The molecule has 1 aromatic rings. The van der Waals surface area contributed by atoms with Crippen molar-refractivity contribution in [1.29, 1.82) is 0 Å². The van der Waals surface area contributed by atoms with E-state index in [0.29, 0.717) is 5.56 Å². The Morgan fingerprint density at radius 2 is 2.00 bits per heavy atom. The first-order chi connectivity index (χ1) is 7.60. The van der Waals surface area contributed by atoms with Gasteiger partial charge in [0.2, 0.25) is 0 Å². The molecule has 0 fully saturated rings. The summed E-state index contributed by atoms with van der Waals surface area (Å²) >= 11 is 0. The number of methoxy groups -OCH3 is 1. The predicted octanol–water partition coefficient (Wildman–Crippen LogP) is 0.780. The van der Waals surface area contributed by atoms with Crippen LogP contribution in [0.2, 0.25) is 0 Å². The minimum Gasteiger partial charge on any atom is -0.496 e. The molecule has 0 bridgehead atoms. The van der Waals surface area contributed by atoms with Gasteiger partial charge >= 0.3 is 0 Å². The van der Waals surface area contributed by atoms with Crippen LogP contribution >= 0.6 is 0 Å². The fourth-order valence-electron chi connectivity index (χ4n) is 1.60. The molecule has 90 valence electrons. The van der Waals surface area contributed by atoms with Crippen LogP contribution in [0.3, 0.4) is 0 Å². The van der Waals surface area contributed by atoms with Crippen LogP contribution in [0.4, 0.5) is 0 Å². The average molecular weight is 226 g/mol. The van der Waals surface area contributed by atoms with Gasteiger partial charge in [-0.15, -0.1) is 0 Å². The number of aliphatic hydroxyl groups is 3. The Bertz CT molecular complexity index is 338. The zero-order valence-corrected chi connectivity index (χ0v) is 9.55. The van der Waals surface area contributed by atoms with Gasteiger partial charge in [0, 0.05) is 6.61 Å². The van der Waals surface area contributed by atoms with Crippen molar-refractivity contribution < 1.29 is 20.1 Å². The van der Waals surface area contributed by atoms with E-state index in [4.69, 9.17) is 9.84 Å².